The van der Waals surface area contributed by atoms with Gasteiger partial charge >= 0.3 is 13.9 Å². The maximum Gasteiger partial charge on any atom is 0.469 e. The number of benzene rings is 3. The van der Waals surface area contributed by atoms with Gasteiger partial charge in [0.25, 0.3) is 0 Å². The number of likely N-dealkylation sites (tertiary alicyclic amines) is 1. The third-order valence-electron chi connectivity index (χ3n) is 7.63. The maximum atomic E-state index is 12.2. The Kier molecular flexibility index (Phi) is 11.3. The van der Waals surface area contributed by atoms with E-state index in [2.05, 4.69) is 35.3 Å². The zero-order valence-electron chi connectivity index (χ0n) is 25.0. The quantitative estimate of drug-likeness (QED) is 0.0884. The third-order valence-corrected chi connectivity index (χ3v) is 8.12. The molecule has 3 aromatic carbocycles. The molecule has 1 saturated heterocycles. The summed E-state index contributed by atoms with van der Waals surface area (Å²) in [6.45, 7) is 4.03. The Bertz CT molecular complexity index is 1580. The molecule has 1 aromatic heterocycles. The third kappa shape index (κ3) is 10.5. The Balaban J connectivity index is 1.02. The highest BCUT2D eigenvalue weighted by Crippen LogP contribution is 2.37. The highest BCUT2D eigenvalue weighted by Gasteiger charge is 2.23. The Hall–Kier alpha value is -4.06. The lowest BCUT2D eigenvalue weighted by atomic mass is 9.98. The highest BCUT2D eigenvalue weighted by molar-refractivity contribution is 7.46. The van der Waals surface area contributed by atoms with Gasteiger partial charge in [-0.2, -0.15) is 0 Å². The summed E-state index contributed by atoms with van der Waals surface area (Å²) in [6.07, 6.45) is 4.92. The molecule has 0 spiro atoms. The van der Waals surface area contributed by atoms with Crippen molar-refractivity contribution in [2.75, 3.05) is 55.3 Å². The molecule has 4 aromatic rings. The number of phosphoric ester groups is 1. The molecule has 2 amide bonds. The van der Waals surface area contributed by atoms with Crippen LogP contribution in [0.5, 0.6) is 5.75 Å². The monoisotopic (exact) mass is 634 g/mol. The molecule has 1 aliphatic heterocycles. The fourth-order valence-electron chi connectivity index (χ4n) is 5.22. The molecule has 5 N–H and O–H groups in total. The van der Waals surface area contributed by atoms with Crippen LogP contribution in [0.25, 0.3) is 10.9 Å². The van der Waals surface area contributed by atoms with Crippen molar-refractivity contribution in [3.63, 3.8) is 0 Å². The minimum atomic E-state index is -4.40. The highest BCUT2D eigenvalue weighted by atomic mass is 31.2. The van der Waals surface area contributed by atoms with E-state index in [9.17, 15) is 9.36 Å². The van der Waals surface area contributed by atoms with Gasteiger partial charge in [-0.1, -0.05) is 30.3 Å². The van der Waals surface area contributed by atoms with E-state index in [1.165, 1.54) is 0 Å². The number of carbonyl (C=O) groups is 1. The number of fused-ring (bicyclic) bond motifs is 1. The molecule has 0 radical (unpaired) electrons. The van der Waals surface area contributed by atoms with Crippen molar-refractivity contribution < 1.29 is 28.4 Å². The molecule has 5 rings (SSSR count). The second kappa shape index (κ2) is 15.8. The van der Waals surface area contributed by atoms with Crippen molar-refractivity contribution in [2.24, 2.45) is 5.92 Å². The van der Waals surface area contributed by atoms with E-state index >= 15 is 0 Å². The lowest BCUT2D eigenvalue weighted by Gasteiger charge is -2.31. The van der Waals surface area contributed by atoms with E-state index in [-0.39, 0.29) is 18.6 Å². The zero-order chi connectivity index (χ0) is 31.5. The second-order valence-corrected chi connectivity index (χ2v) is 12.2. The minimum Gasteiger partial charge on any atom is -0.493 e. The standard InChI is InChI=1S/C32H39N6O6P/c39-32(36-26-5-2-1-3-6-26)37-27-9-7-24(8-10-27)13-16-33-31-29-12-11-28(21-30(29)34-23-35-31)43-20-4-17-38-18-14-25(15-19-38)22-44-45(40,41)42/h1-3,5-12,21,23,25H,4,13-20,22H2,(H,33,34,35)(H2,36,37,39)(H2,40,41,42). The number of para-hydroxylation sites is 1. The Morgan fingerprint density at radius 3 is 2.42 bits per heavy atom. The van der Waals surface area contributed by atoms with E-state index in [1.807, 2.05) is 72.8 Å². The Morgan fingerprint density at radius 2 is 1.69 bits per heavy atom. The van der Waals surface area contributed by atoms with Crippen LogP contribution in [-0.4, -0.2) is 70.1 Å². The van der Waals surface area contributed by atoms with Crippen molar-refractivity contribution >= 4 is 41.9 Å². The summed E-state index contributed by atoms with van der Waals surface area (Å²) in [5.41, 5.74) is 3.38. The summed E-state index contributed by atoms with van der Waals surface area (Å²) in [6, 6.07) is 22.6. The van der Waals surface area contributed by atoms with Crippen LogP contribution in [-0.2, 0) is 15.5 Å². The Morgan fingerprint density at radius 1 is 0.956 bits per heavy atom. The van der Waals surface area contributed by atoms with Crippen LogP contribution in [0.3, 0.4) is 0 Å². The SMILES string of the molecule is O=C(Nc1ccccc1)Nc1ccc(CCNc2ncnc3cc(OCCCN4CCC(COP(=O)(O)O)CC4)ccc23)cc1. The molecule has 2 heterocycles. The fraction of sp³-hybridized carbons (Fsp3) is 0.344. The fourth-order valence-corrected chi connectivity index (χ4v) is 5.62. The lowest BCUT2D eigenvalue weighted by molar-refractivity contribution is 0.114. The van der Waals surface area contributed by atoms with E-state index in [0.29, 0.717) is 18.8 Å². The Labute approximate surface area is 262 Å². The average Bonchev–Trinajstić information content (AvgIpc) is 3.03. The van der Waals surface area contributed by atoms with Gasteiger partial charge in [-0.15, -0.1) is 0 Å². The lowest BCUT2D eigenvalue weighted by Crippen LogP contribution is -2.36. The summed E-state index contributed by atoms with van der Waals surface area (Å²) in [5.74, 6) is 1.70. The second-order valence-electron chi connectivity index (χ2n) is 11.0. The average molecular weight is 635 g/mol. The van der Waals surface area contributed by atoms with Gasteiger partial charge < -0.3 is 35.4 Å². The van der Waals surface area contributed by atoms with Gasteiger partial charge in [0.05, 0.1) is 18.7 Å². The molecule has 13 heteroatoms. The van der Waals surface area contributed by atoms with E-state index < -0.39 is 7.82 Å². The topological polar surface area (TPSA) is 158 Å². The number of piperidine rings is 1. The van der Waals surface area contributed by atoms with E-state index in [4.69, 9.17) is 14.5 Å². The number of anilines is 3. The van der Waals surface area contributed by atoms with Gasteiger partial charge in [-0.3, -0.25) is 4.52 Å². The van der Waals surface area contributed by atoms with Crippen LogP contribution in [0.15, 0.2) is 79.1 Å². The predicted octanol–water partition coefficient (Wildman–Crippen LogP) is 5.52. The molecule has 0 aliphatic carbocycles. The van der Waals surface area contributed by atoms with Crippen LogP contribution >= 0.6 is 7.82 Å². The summed E-state index contributed by atoms with van der Waals surface area (Å²) in [5, 5.41) is 9.98. The number of phosphoric acid groups is 1. The zero-order valence-corrected chi connectivity index (χ0v) is 25.9. The number of hydrogen-bond acceptors (Lipinski definition) is 8. The van der Waals surface area contributed by atoms with Gasteiger partial charge in [-0.25, -0.2) is 19.3 Å². The summed E-state index contributed by atoms with van der Waals surface area (Å²) in [7, 11) is -4.40. The number of rotatable bonds is 14. The van der Waals surface area contributed by atoms with E-state index in [1.54, 1.807) is 6.33 Å². The number of carbonyl (C=O) groups excluding carboxylic acids is 1. The van der Waals surface area contributed by atoms with Gasteiger partial charge in [0.15, 0.2) is 0 Å². The van der Waals surface area contributed by atoms with Crippen molar-refractivity contribution in [1.29, 1.82) is 0 Å². The first-order chi connectivity index (χ1) is 21.8. The number of ether oxygens (including phenoxy) is 1. The number of urea groups is 1. The first-order valence-corrected chi connectivity index (χ1v) is 16.6. The minimum absolute atomic E-state index is 0.105. The van der Waals surface area contributed by atoms with Gasteiger partial charge in [0.1, 0.15) is 17.9 Å². The molecule has 238 valence electrons. The molecule has 0 saturated carbocycles. The maximum absolute atomic E-state index is 12.2. The van der Waals surface area contributed by atoms with Crippen molar-refractivity contribution in [3.8, 4) is 5.75 Å². The molecular weight excluding hydrogens is 595 g/mol. The number of hydrogen-bond donors (Lipinski definition) is 5. The first-order valence-electron chi connectivity index (χ1n) is 15.1. The summed E-state index contributed by atoms with van der Waals surface area (Å²) < 4.78 is 21.6. The molecule has 1 fully saturated rings. The van der Waals surface area contributed by atoms with Crippen LogP contribution in [0.1, 0.15) is 24.8 Å². The number of aromatic nitrogens is 2. The number of nitrogens with zero attached hydrogens (tertiary/aromatic N) is 3. The molecule has 0 unspecified atom stereocenters. The molecule has 0 atom stereocenters. The summed E-state index contributed by atoms with van der Waals surface area (Å²) in [4.78, 5) is 41.2. The van der Waals surface area contributed by atoms with Gasteiger partial charge in [-0.05, 0) is 86.7 Å². The van der Waals surface area contributed by atoms with Crippen molar-refractivity contribution in [1.82, 2.24) is 14.9 Å². The normalized spacial score (nSPS) is 14.3. The number of nitrogens with one attached hydrogen (secondary N) is 3. The van der Waals surface area contributed by atoms with Crippen LogP contribution < -0.4 is 20.7 Å². The predicted molar refractivity (Wildman–Crippen MR) is 175 cm³/mol. The van der Waals surface area contributed by atoms with Crippen LogP contribution in [0.4, 0.5) is 22.0 Å². The molecule has 0 bridgehead atoms. The molecule has 1 aliphatic rings. The molecule has 12 nitrogen and oxygen atoms in total. The molecule has 45 heavy (non-hydrogen) atoms. The van der Waals surface area contributed by atoms with Crippen molar-refractivity contribution in [2.45, 2.75) is 25.7 Å². The van der Waals surface area contributed by atoms with Crippen LogP contribution in [0, 0.1) is 5.92 Å². The van der Waals surface area contributed by atoms with Crippen LogP contribution in [0.2, 0.25) is 0 Å². The van der Waals surface area contributed by atoms with Gasteiger partial charge in [0, 0.05) is 35.9 Å². The summed E-state index contributed by atoms with van der Waals surface area (Å²) >= 11 is 0. The van der Waals surface area contributed by atoms with Crippen molar-refractivity contribution in [3.05, 3.63) is 84.7 Å². The van der Waals surface area contributed by atoms with Gasteiger partial charge in [0.2, 0.25) is 0 Å². The molecular formula is C32H39N6O6P. The largest absolute Gasteiger partial charge is 0.493 e. The first kappa shape index (κ1) is 32.3. The smallest absolute Gasteiger partial charge is 0.469 e. The van der Waals surface area contributed by atoms with E-state index in [0.717, 1.165) is 79.0 Å². The number of amides is 2.